The maximum absolute atomic E-state index is 5.26. The first-order valence-corrected chi connectivity index (χ1v) is 6.75. The first-order chi connectivity index (χ1) is 7.68. The third kappa shape index (κ3) is 2.54. The molecule has 4 heteroatoms. The minimum atomic E-state index is 0.407. The Kier molecular flexibility index (Phi) is 3.79. The fourth-order valence-corrected chi connectivity index (χ4v) is 3.03. The molecule has 1 N–H and O–H groups in total. The molecule has 0 radical (unpaired) electrons. The van der Waals surface area contributed by atoms with Crippen LogP contribution >= 0.6 is 12.2 Å². The molecule has 1 aliphatic carbocycles. The highest BCUT2D eigenvalue weighted by Crippen LogP contribution is 2.26. The molecule has 2 rings (SSSR count). The summed E-state index contributed by atoms with van der Waals surface area (Å²) in [4.78, 5) is 0. The van der Waals surface area contributed by atoms with E-state index in [-0.39, 0.29) is 0 Å². The summed E-state index contributed by atoms with van der Waals surface area (Å²) < 4.78 is 2.92. The van der Waals surface area contributed by atoms with E-state index in [4.69, 9.17) is 12.2 Å². The lowest BCUT2D eigenvalue weighted by molar-refractivity contribution is 0.345. The van der Waals surface area contributed by atoms with Crippen LogP contribution in [0.25, 0.3) is 0 Å². The molecule has 1 heterocycles. The lowest BCUT2D eigenvalue weighted by Crippen LogP contribution is -2.14. The van der Waals surface area contributed by atoms with Gasteiger partial charge in [-0.15, -0.1) is 0 Å². The number of H-pyrrole nitrogens is 1. The molecule has 16 heavy (non-hydrogen) atoms. The molecule has 90 valence electrons. The van der Waals surface area contributed by atoms with E-state index in [0.29, 0.717) is 6.04 Å². The standard InChI is InChI=1S/C12H21N3S/c1-9(2)15-11(13-14-12(15)16)8-10-6-4-3-5-7-10/h9-10H,3-8H2,1-2H3,(H,14,16). The van der Waals surface area contributed by atoms with Gasteiger partial charge < -0.3 is 4.57 Å². The van der Waals surface area contributed by atoms with Gasteiger partial charge in [0.2, 0.25) is 0 Å². The topological polar surface area (TPSA) is 33.6 Å². The van der Waals surface area contributed by atoms with E-state index < -0.39 is 0 Å². The van der Waals surface area contributed by atoms with Gasteiger partial charge in [0.05, 0.1) is 0 Å². The highest BCUT2D eigenvalue weighted by molar-refractivity contribution is 7.71. The van der Waals surface area contributed by atoms with Gasteiger partial charge in [0, 0.05) is 12.5 Å². The SMILES string of the molecule is CC(C)n1c(CC2CCCCC2)n[nH]c1=S. The van der Waals surface area contributed by atoms with Crippen LogP contribution in [0, 0.1) is 10.7 Å². The van der Waals surface area contributed by atoms with Crippen molar-refractivity contribution < 1.29 is 0 Å². The Morgan fingerprint density at radius 1 is 1.38 bits per heavy atom. The van der Waals surface area contributed by atoms with E-state index in [1.807, 2.05) is 0 Å². The van der Waals surface area contributed by atoms with Crippen molar-refractivity contribution in [3.05, 3.63) is 10.6 Å². The van der Waals surface area contributed by atoms with Gasteiger partial charge in [-0.05, 0) is 32.0 Å². The molecular formula is C12H21N3S. The second-order valence-corrected chi connectivity index (χ2v) is 5.50. The predicted molar refractivity (Wildman–Crippen MR) is 68.1 cm³/mol. The Balaban J connectivity index is 2.11. The van der Waals surface area contributed by atoms with Gasteiger partial charge in [0.1, 0.15) is 5.82 Å². The van der Waals surface area contributed by atoms with Crippen LogP contribution in [0.4, 0.5) is 0 Å². The van der Waals surface area contributed by atoms with Crippen LogP contribution in [0.2, 0.25) is 0 Å². The van der Waals surface area contributed by atoms with Gasteiger partial charge in [-0.2, -0.15) is 5.10 Å². The molecule has 0 saturated heterocycles. The van der Waals surface area contributed by atoms with Gasteiger partial charge in [-0.3, -0.25) is 5.10 Å². The van der Waals surface area contributed by atoms with Crippen LogP contribution in [-0.4, -0.2) is 14.8 Å². The van der Waals surface area contributed by atoms with Gasteiger partial charge in [-0.25, -0.2) is 0 Å². The molecule has 3 nitrogen and oxygen atoms in total. The van der Waals surface area contributed by atoms with E-state index in [1.165, 1.54) is 32.1 Å². The molecule has 0 unspecified atom stereocenters. The Morgan fingerprint density at radius 3 is 2.69 bits per heavy atom. The minimum absolute atomic E-state index is 0.407. The fourth-order valence-electron chi connectivity index (χ4n) is 2.66. The molecule has 1 fully saturated rings. The zero-order valence-corrected chi connectivity index (χ0v) is 11.0. The summed E-state index contributed by atoms with van der Waals surface area (Å²) in [6.07, 6.45) is 7.99. The summed E-state index contributed by atoms with van der Waals surface area (Å²) >= 11 is 5.26. The van der Waals surface area contributed by atoms with Crippen molar-refractivity contribution >= 4 is 12.2 Å². The zero-order chi connectivity index (χ0) is 11.5. The molecule has 1 aliphatic rings. The van der Waals surface area contributed by atoms with Gasteiger partial charge in [-0.1, -0.05) is 32.1 Å². The smallest absolute Gasteiger partial charge is 0.195 e. The normalized spacial score (nSPS) is 18.2. The van der Waals surface area contributed by atoms with E-state index in [2.05, 4.69) is 28.6 Å². The number of nitrogens with one attached hydrogen (secondary N) is 1. The number of aromatic amines is 1. The van der Waals surface area contributed by atoms with Crippen LogP contribution in [0.3, 0.4) is 0 Å². The summed E-state index contributed by atoms with van der Waals surface area (Å²) in [7, 11) is 0. The van der Waals surface area contributed by atoms with E-state index in [9.17, 15) is 0 Å². The Bertz CT molecular complexity index is 385. The molecule has 0 atom stereocenters. The van der Waals surface area contributed by atoms with Crippen molar-refractivity contribution in [2.45, 2.75) is 58.4 Å². The quantitative estimate of drug-likeness (QED) is 0.817. The van der Waals surface area contributed by atoms with Crippen molar-refractivity contribution in [3.8, 4) is 0 Å². The minimum Gasteiger partial charge on any atom is -0.302 e. The maximum Gasteiger partial charge on any atom is 0.195 e. The van der Waals surface area contributed by atoms with Crippen LogP contribution in [0.1, 0.15) is 57.8 Å². The van der Waals surface area contributed by atoms with Gasteiger partial charge >= 0.3 is 0 Å². The summed E-state index contributed by atoms with van der Waals surface area (Å²) in [6, 6.07) is 0.407. The molecule has 0 spiro atoms. The summed E-state index contributed by atoms with van der Waals surface area (Å²) in [5.41, 5.74) is 0. The van der Waals surface area contributed by atoms with Crippen LogP contribution in [-0.2, 0) is 6.42 Å². The van der Waals surface area contributed by atoms with Crippen molar-refractivity contribution in [3.63, 3.8) is 0 Å². The molecule has 0 aliphatic heterocycles. The van der Waals surface area contributed by atoms with Crippen molar-refractivity contribution in [1.29, 1.82) is 0 Å². The number of aromatic nitrogens is 3. The second-order valence-electron chi connectivity index (χ2n) is 5.12. The molecule has 1 aromatic heterocycles. The number of hydrogen-bond donors (Lipinski definition) is 1. The average Bonchev–Trinajstić information content (AvgIpc) is 2.61. The molecular weight excluding hydrogens is 218 g/mol. The van der Waals surface area contributed by atoms with Crippen molar-refractivity contribution in [2.75, 3.05) is 0 Å². The van der Waals surface area contributed by atoms with Gasteiger partial charge in [0.25, 0.3) is 0 Å². The van der Waals surface area contributed by atoms with Gasteiger partial charge in [0.15, 0.2) is 4.77 Å². The van der Waals surface area contributed by atoms with E-state index >= 15 is 0 Å². The summed E-state index contributed by atoms with van der Waals surface area (Å²) in [6.45, 7) is 4.32. The summed E-state index contributed by atoms with van der Waals surface area (Å²) in [5, 5.41) is 7.30. The maximum atomic E-state index is 5.26. The highest BCUT2D eigenvalue weighted by atomic mass is 32.1. The number of hydrogen-bond acceptors (Lipinski definition) is 2. The average molecular weight is 239 g/mol. The number of rotatable bonds is 3. The van der Waals surface area contributed by atoms with E-state index in [1.54, 1.807) is 0 Å². The first-order valence-electron chi connectivity index (χ1n) is 6.34. The molecule has 1 aromatic rings. The third-order valence-corrected chi connectivity index (χ3v) is 3.78. The third-order valence-electron chi connectivity index (χ3n) is 3.49. The number of nitrogens with zero attached hydrogens (tertiary/aromatic N) is 2. The van der Waals surface area contributed by atoms with Crippen molar-refractivity contribution in [2.24, 2.45) is 5.92 Å². The molecule has 0 amide bonds. The zero-order valence-electron chi connectivity index (χ0n) is 10.2. The lowest BCUT2D eigenvalue weighted by atomic mass is 9.87. The highest BCUT2D eigenvalue weighted by Gasteiger charge is 2.18. The van der Waals surface area contributed by atoms with E-state index in [0.717, 1.165) is 22.9 Å². The molecule has 0 bridgehead atoms. The Labute approximate surface area is 102 Å². The van der Waals surface area contributed by atoms with Crippen LogP contribution in [0.5, 0.6) is 0 Å². The van der Waals surface area contributed by atoms with Crippen LogP contribution < -0.4 is 0 Å². The predicted octanol–water partition coefficient (Wildman–Crippen LogP) is 3.64. The fraction of sp³-hybridized carbons (Fsp3) is 0.833. The Morgan fingerprint density at radius 2 is 2.06 bits per heavy atom. The Hall–Kier alpha value is -0.640. The first kappa shape index (κ1) is 11.8. The lowest BCUT2D eigenvalue weighted by Gasteiger charge is -2.21. The molecule has 0 aromatic carbocycles. The summed E-state index contributed by atoms with van der Waals surface area (Å²) in [5.74, 6) is 1.96. The molecule has 1 saturated carbocycles. The monoisotopic (exact) mass is 239 g/mol. The second kappa shape index (κ2) is 5.13. The van der Waals surface area contributed by atoms with Crippen molar-refractivity contribution in [1.82, 2.24) is 14.8 Å². The largest absolute Gasteiger partial charge is 0.302 e. The van der Waals surface area contributed by atoms with Crippen LogP contribution in [0.15, 0.2) is 0 Å².